The van der Waals surface area contributed by atoms with Gasteiger partial charge in [0.25, 0.3) is 0 Å². The maximum atomic E-state index is 12.2. The van der Waals surface area contributed by atoms with Crippen LogP contribution in [0.3, 0.4) is 0 Å². The molecule has 1 fully saturated rings. The summed E-state index contributed by atoms with van der Waals surface area (Å²) in [6.07, 6.45) is -3.53. The number of nitrogens with one attached hydrogen (secondary N) is 1. The molecule has 118 valence electrons. The van der Waals surface area contributed by atoms with E-state index in [0.717, 1.165) is 12.8 Å². The molecule has 1 aliphatic carbocycles. The Labute approximate surface area is 117 Å². The van der Waals surface area contributed by atoms with Crippen molar-refractivity contribution in [1.29, 1.82) is 0 Å². The highest BCUT2D eigenvalue weighted by Crippen LogP contribution is 2.40. The van der Waals surface area contributed by atoms with Gasteiger partial charge in [-0.2, -0.15) is 13.2 Å². The molecular weight excluding hydrogens is 273 g/mol. The van der Waals surface area contributed by atoms with E-state index in [2.05, 4.69) is 5.32 Å². The minimum absolute atomic E-state index is 0.00395. The van der Waals surface area contributed by atoms with Gasteiger partial charge in [0.15, 0.2) is 0 Å². The van der Waals surface area contributed by atoms with Crippen LogP contribution in [0.15, 0.2) is 0 Å². The zero-order valence-corrected chi connectivity index (χ0v) is 12.1. The van der Waals surface area contributed by atoms with E-state index in [1.165, 1.54) is 11.9 Å². The van der Waals surface area contributed by atoms with E-state index in [0.29, 0.717) is 0 Å². The van der Waals surface area contributed by atoms with Crippen LogP contribution in [-0.4, -0.2) is 53.9 Å². The second kappa shape index (κ2) is 6.30. The Morgan fingerprint density at radius 3 is 2.30 bits per heavy atom. The first-order chi connectivity index (χ1) is 9.07. The van der Waals surface area contributed by atoms with E-state index in [1.54, 1.807) is 0 Å². The van der Waals surface area contributed by atoms with Crippen molar-refractivity contribution in [1.82, 2.24) is 10.2 Å². The zero-order chi connectivity index (χ0) is 15.6. The maximum Gasteiger partial charge on any atom is 0.390 e. The van der Waals surface area contributed by atoms with Gasteiger partial charge in [-0.05, 0) is 39.7 Å². The van der Waals surface area contributed by atoms with Crippen LogP contribution in [-0.2, 0) is 4.79 Å². The Kier molecular flexibility index (Phi) is 5.43. The molecule has 1 atom stereocenters. The van der Waals surface area contributed by atoms with E-state index in [9.17, 15) is 23.1 Å². The fraction of sp³-hybridized carbons (Fsp3) is 0.923. The van der Waals surface area contributed by atoms with Gasteiger partial charge in [0, 0.05) is 19.1 Å². The van der Waals surface area contributed by atoms with Gasteiger partial charge in [-0.3, -0.25) is 10.1 Å². The third-order valence-electron chi connectivity index (χ3n) is 3.50. The largest absolute Gasteiger partial charge is 0.480 e. The highest BCUT2D eigenvalue weighted by atomic mass is 19.4. The number of alkyl halides is 3. The third kappa shape index (κ3) is 4.94. The number of likely N-dealkylation sites (N-methyl/N-ethyl adjacent to an activating group) is 1. The summed E-state index contributed by atoms with van der Waals surface area (Å²) in [6.45, 7) is 3.58. The van der Waals surface area contributed by atoms with Crippen LogP contribution in [0.5, 0.6) is 0 Å². The fourth-order valence-electron chi connectivity index (χ4n) is 2.51. The van der Waals surface area contributed by atoms with Crippen molar-refractivity contribution in [3.63, 3.8) is 0 Å². The lowest BCUT2D eigenvalue weighted by Gasteiger charge is -2.36. The molecule has 7 heteroatoms. The van der Waals surface area contributed by atoms with E-state index in [1.807, 2.05) is 13.8 Å². The van der Waals surface area contributed by atoms with Crippen molar-refractivity contribution in [3.05, 3.63) is 0 Å². The molecule has 0 aromatic heterocycles. The van der Waals surface area contributed by atoms with Crippen LogP contribution in [0.25, 0.3) is 0 Å². The van der Waals surface area contributed by atoms with Crippen molar-refractivity contribution in [2.75, 3.05) is 20.1 Å². The number of hydrogen-bond donors (Lipinski definition) is 2. The zero-order valence-electron chi connectivity index (χ0n) is 12.1. The van der Waals surface area contributed by atoms with Crippen molar-refractivity contribution in [2.24, 2.45) is 5.92 Å². The van der Waals surface area contributed by atoms with Gasteiger partial charge < -0.3 is 10.0 Å². The van der Waals surface area contributed by atoms with Gasteiger partial charge in [0.1, 0.15) is 5.54 Å². The number of hydrogen-bond acceptors (Lipinski definition) is 3. The molecule has 2 N–H and O–H groups in total. The molecule has 0 spiro atoms. The van der Waals surface area contributed by atoms with Crippen LogP contribution in [0.1, 0.15) is 33.1 Å². The predicted molar refractivity (Wildman–Crippen MR) is 69.5 cm³/mol. The second-order valence-corrected chi connectivity index (χ2v) is 5.95. The summed E-state index contributed by atoms with van der Waals surface area (Å²) in [7, 11) is 1.54. The quantitative estimate of drug-likeness (QED) is 0.720. The molecule has 4 nitrogen and oxygen atoms in total. The average Bonchev–Trinajstić information content (AvgIpc) is 3.07. The summed E-state index contributed by atoms with van der Waals surface area (Å²) in [5.74, 6) is -0.983. The summed E-state index contributed by atoms with van der Waals surface area (Å²) >= 11 is 0. The molecule has 0 amide bonds. The normalized spacial score (nSPS) is 19.4. The molecular formula is C13H23F3N2O2. The Morgan fingerprint density at radius 1 is 1.40 bits per heavy atom. The van der Waals surface area contributed by atoms with E-state index in [4.69, 9.17) is 0 Å². The molecule has 0 heterocycles. The smallest absolute Gasteiger partial charge is 0.390 e. The SMILES string of the molecule is CC(C)NC(CN(C)CCC(F)(F)F)(C(=O)O)C1CC1. The van der Waals surface area contributed by atoms with Crippen LogP contribution in [0.4, 0.5) is 13.2 Å². The van der Waals surface area contributed by atoms with Crippen molar-refractivity contribution in [3.8, 4) is 0 Å². The Hall–Kier alpha value is -0.820. The lowest BCUT2D eigenvalue weighted by molar-refractivity contribution is -0.148. The van der Waals surface area contributed by atoms with Crippen molar-refractivity contribution >= 4 is 5.97 Å². The van der Waals surface area contributed by atoms with Crippen LogP contribution >= 0.6 is 0 Å². The summed E-state index contributed by atoms with van der Waals surface area (Å²) in [5, 5.41) is 12.6. The number of carboxylic acid groups (broad SMARTS) is 1. The van der Waals surface area contributed by atoms with Gasteiger partial charge in [0.2, 0.25) is 0 Å². The van der Waals surface area contributed by atoms with Gasteiger partial charge in [-0.15, -0.1) is 0 Å². The Morgan fingerprint density at radius 2 is 1.95 bits per heavy atom. The van der Waals surface area contributed by atoms with Gasteiger partial charge in [-0.1, -0.05) is 0 Å². The van der Waals surface area contributed by atoms with Gasteiger partial charge in [-0.25, -0.2) is 0 Å². The van der Waals surface area contributed by atoms with Crippen LogP contribution in [0.2, 0.25) is 0 Å². The highest BCUT2D eigenvalue weighted by molar-refractivity contribution is 5.80. The number of halogens is 3. The molecule has 0 bridgehead atoms. The van der Waals surface area contributed by atoms with Crippen LogP contribution in [0, 0.1) is 5.92 Å². The summed E-state index contributed by atoms with van der Waals surface area (Å²) < 4.78 is 36.7. The first kappa shape index (κ1) is 17.2. The van der Waals surface area contributed by atoms with E-state index < -0.39 is 24.1 Å². The summed E-state index contributed by atoms with van der Waals surface area (Å²) in [4.78, 5) is 13.1. The highest BCUT2D eigenvalue weighted by Gasteiger charge is 2.52. The van der Waals surface area contributed by atoms with E-state index >= 15 is 0 Å². The number of carboxylic acids is 1. The topological polar surface area (TPSA) is 52.6 Å². The lowest BCUT2D eigenvalue weighted by atomic mass is 9.91. The predicted octanol–water partition coefficient (Wildman–Crippen LogP) is 2.10. The minimum Gasteiger partial charge on any atom is -0.480 e. The molecule has 0 aromatic rings. The van der Waals surface area contributed by atoms with Gasteiger partial charge >= 0.3 is 12.1 Å². The van der Waals surface area contributed by atoms with E-state index in [-0.39, 0.29) is 25.0 Å². The lowest BCUT2D eigenvalue weighted by Crippen LogP contribution is -2.62. The summed E-state index contributed by atoms with van der Waals surface area (Å²) in [6, 6.07) is -0.0392. The minimum atomic E-state index is -4.22. The van der Waals surface area contributed by atoms with Gasteiger partial charge in [0.05, 0.1) is 6.42 Å². The number of nitrogens with zero attached hydrogens (tertiary/aromatic N) is 1. The number of aliphatic carboxylic acids is 1. The number of carbonyl (C=O) groups is 1. The molecule has 0 saturated heterocycles. The van der Waals surface area contributed by atoms with Crippen molar-refractivity contribution in [2.45, 2.75) is 50.9 Å². The first-order valence-electron chi connectivity index (χ1n) is 6.83. The number of rotatable bonds is 8. The van der Waals surface area contributed by atoms with Crippen LogP contribution < -0.4 is 5.32 Å². The standard InChI is InChI=1S/C13H23F3N2O2/c1-9(2)17-12(11(19)20,10-4-5-10)8-18(3)7-6-13(14,15)16/h9-10,17H,4-8H2,1-3H3,(H,19,20). The monoisotopic (exact) mass is 296 g/mol. The summed E-state index contributed by atoms with van der Waals surface area (Å²) in [5.41, 5.74) is -1.14. The molecule has 0 aromatic carbocycles. The first-order valence-corrected chi connectivity index (χ1v) is 6.83. The molecule has 0 aliphatic heterocycles. The Balaban J connectivity index is 2.71. The molecule has 1 saturated carbocycles. The molecule has 1 aliphatic rings. The van der Waals surface area contributed by atoms with Crippen molar-refractivity contribution < 1.29 is 23.1 Å². The molecule has 20 heavy (non-hydrogen) atoms. The molecule has 1 unspecified atom stereocenters. The second-order valence-electron chi connectivity index (χ2n) is 5.95. The molecule has 0 radical (unpaired) electrons. The third-order valence-corrected chi connectivity index (χ3v) is 3.50. The fourth-order valence-corrected chi connectivity index (χ4v) is 2.51. The Bertz CT molecular complexity index is 343. The molecule has 1 rings (SSSR count). The maximum absolute atomic E-state index is 12.2. The average molecular weight is 296 g/mol.